The lowest BCUT2D eigenvalue weighted by atomic mass is 9.97. The molecule has 188 valence electrons. The Hall–Kier alpha value is -3.33. The zero-order valence-electron chi connectivity index (χ0n) is 20.1. The van der Waals surface area contributed by atoms with Crippen molar-refractivity contribution in [3.8, 4) is 11.5 Å². The lowest BCUT2D eigenvalue weighted by molar-refractivity contribution is -0.138. The van der Waals surface area contributed by atoms with Crippen molar-refractivity contribution in [2.45, 2.75) is 44.4 Å². The van der Waals surface area contributed by atoms with Gasteiger partial charge in [0.25, 0.3) is 5.91 Å². The largest absolute Gasteiger partial charge is 0.390 e. The third-order valence-electron chi connectivity index (χ3n) is 7.40. The molecule has 0 radical (unpaired) electrons. The van der Waals surface area contributed by atoms with Gasteiger partial charge in [0.05, 0.1) is 23.1 Å². The van der Waals surface area contributed by atoms with Gasteiger partial charge in [-0.25, -0.2) is 4.98 Å². The van der Waals surface area contributed by atoms with Gasteiger partial charge in [-0.2, -0.15) is 13.2 Å². The molecule has 36 heavy (non-hydrogen) atoms. The number of hydrogen-bond donors (Lipinski definition) is 1. The second-order valence-electron chi connectivity index (χ2n) is 10.2. The van der Waals surface area contributed by atoms with Gasteiger partial charge in [-0.15, -0.1) is 0 Å². The molecule has 6 rings (SSSR count). The third kappa shape index (κ3) is 4.15. The first-order valence-corrected chi connectivity index (χ1v) is 12.4. The number of carbonyl (C=O) groups is 1. The molecule has 1 unspecified atom stereocenters. The van der Waals surface area contributed by atoms with Crippen LogP contribution in [0.25, 0.3) is 33.5 Å². The standard InChI is InChI=1S/C27H28F3N5O/c1-33-23-10-17-8-9-34(15-19(31)13-27(28,29)30)26(36)20(17)12-21(23)32-25(33)24-11-18-4-2-3-5-22(18)35(24)14-16-6-7-16/h2-5,10-12,16,19H,6-9,13-15,31H2,1H3. The van der Waals surface area contributed by atoms with E-state index in [-0.39, 0.29) is 12.5 Å². The fraction of sp³-hybridized carbons (Fsp3) is 0.407. The Labute approximate surface area is 206 Å². The summed E-state index contributed by atoms with van der Waals surface area (Å²) in [5.74, 6) is 1.24. The number of alkyl halides is 3. The Morgan fingerprint density at radius 1 is 1.14 bits per heavy atom. The number of fused-ring (bicyclic) bond motifs is 3. The van der Waals surface area contributed by atoms with Gasteiger partial charge in [0.15, 0.2) is 5.82 Å². The summed E-state index contributed by atoms with van der Waals surface area (Å²) in [6.45, 7) is 1.18. The number of carbonyl (C=O) groups excluding carboxylic acids is 1. The predicted octanol–water partition coefficient (Wildman–Crippen LogP) is 4.88. The fourth-order valence-electron chi connectivity index (χ4n) is 5.41. The molecule has 1 amide bonds. The summed E-state index contributed by atoms with van der Waals surface area (Å²) in [4.78, 5) is 19.5. The minimum absolute atomic E-state index is 0.120. The Kier molecular flexibility index (Phi) is 5.37. The van der Waals surface area contributed by atoms with Crippen LogP contribution in [0.3, 0.4) is 0 Å². The zero-order valence-corrected chi connectivity index (χ0v) is 20.1. The minimum Gasteiger partial charge on any atom is -0.338 e. The first kappa shape index (κ1) is 23.1. The normalized spacial score (nSPS) is 17.2. The highest BCUT2D eigenvalue weighted by molar-refractivity contribution is 6.00. The molecule has 9 heteroatoms. The first-order valence-electron chi connectivity index (χ1n) is 12.4. The number of hydrogen-bond acceptors (Lipinski definition) is 3. The van der Waals surface area contributed by atoms with Crippen LogP contribution in [-0.2, 0) is 20.0 Å². The number of imidazole rings is 1. The monoisotopic (exact) mass is 495 g/mol. The van der Waals surface area contributed by atoms with Crippen molar-refractivity contribution in [1.29, 1.82) is 0 Å². The molecule has 6 nitrogen and oxygen atoms in total. The van der Waals surface area contributed by atoms with Gasteiger partial charge in [0, 0.05) is 49.2 Å². The molecule has 0 bridgehead atoms. The van der Waals surface area contributed by atoms with E-state index in [1.54, 1.807) is 6.07 Å². The van der Waals surface area contributed by atoms with Crippen molar-refractivity contribution in [3.63, 3.8) is 0 Å². The summed E-state index contributed by atoms with van der Waals surface area (Å²) in [7, 11) is 1.99. The number of benzene rings is 2. The number of para-hydroxylation sites is 1. The molecular formula is C27H28F3N5O. The number of aromatic nitrogens is 3. The average Bonchev–Trinajstić information content (AvgIpc) is 3.49. The van der Waals surface area contributed by atoms with Gasteiger partial charge in [-0.05, 0) is 55.0 Å². The van der Waals surface area contributed by atoms with Gasteiger partial charge in [-0.3, -0.25) is 4.79 Å². The van der Waals surface area contributed by atoms with Crippen molar-refractivity contribution >= 4 is 27.8 Å². The Morgan fingerprint density at radius 3 is 2.67 bits per heavy atom. The van der Waals surface area contributed by atoms with E-state index in [1.165, 1.54) is 28.6 Å². The number of halogens is 3. The number of aryl methyl sites for hydroxylation is 1. The SMILES string of the molecule is Cn1c(-c2cc3ccccc3n2CC2CC2)nc2cc3c(cc21)CCN(CC(N)CC(F)(F)F)C3=O. The van der Waals surface area contributed by atoms with E-state index in [1.807, 2.05) is 19.2 Å². The number of nitrogens with two attached hydrogens (primary N) is 1. The second kappa shape index (κ2) is 8.37. The summed E-state index contributed by atoms with van der Waals surface area (Å²) >= 11 is 0. The van der Waals surface area contributed by atoms with Crippen molar-refractivity contribution < 1.29 is 18.0 Å². The second-order valence-corrected chi connectivity index (χ2v) is 10.2. The molecule has 2 aliphatic rings. The first-order chi connectivity index (χ1) is 17.2. The number of amides is 1. The maximum Gasteiger partial charge on any atom is 0.390 e. The molecule has 1 aliphatic carbocycles. The Bertz CT molecular complexity index is 1480. The van der Waals surface area contributed by atoms with Crippen molar-refractivity contribution in [1.82, 2.24) is 19.0 Å². The van der Waals surface area contributed by atoms with Crippen LogP contribution >= 0.6 is 0 Å². The van der Waals surface area contributed by atoms with Crippen LogP contribution in [0.5, 0.6) is 0 Å². The lowest BCUT2D eigenvalue weighted by Gasteiger charge is -2.31. The van der Waals surface area contributed by atoms with Gasteiger partial charge in [0.1, 0.15) is 0 Å². The van der Waals surface area contributed by atoms with Gasteiger partial charge in [0.2, 0.25) is 0 Å². The maximum absolute atomic E-state index is 13.2. The highest BCUT2D eigenvalue weighted by Crippen LogP contribution is 2.37. The van der Waals surface area contributed by atoms with Crippen molar-refractivity contribution in [3.05, 3.63) is 53.6 Å². The predicted molar refractivity (Wildman–Crippen MR) is 133 cm³/mol. The smallest absolute Gasteiger partial charge is 0.338 e. The van der Waals surface area contributed by atoms with Crippen LogP contribution in [0.2, 0.25) is 0 Å². The van der Waals surface area contributed by atoms with E-state index in [9.17, 15) is 18.0 Å². The molecule has 0 saturated heterocycles. The topological polar surface area (TPSA) is 69.1 Å². The lowest BCUT2D eigenvalue weighted by Crippen LogP contribution is -2.46. The molecule has 2 aromatic heterocycles. The van der Waals surface area contributed by atoms with Crippen LogP contribution in [-0.4, -0.2) is 50.2 Å². The van der Waals surface area contributed by atoms with E-state index in [0.29, 0.717) is 30.0 Å². The third-order valence-corrected chi connectivity index (χ3v) is 7.40. The summed E-state index contributed by atoms with van der Waals surface area (Å²) in [5.41, 5.74) is 11.0. The number of rotatable bonds is 6. The highest BCUT2D eigenvalue weighted by atomic mass is 19.4. The van der Waals surface area contributed by atoms with Crippen molar-refractivity contribution in [2.75, 3.05) is 13.1 Å². The Morgan fingerprint density at radius 2 is 1.92 bits per heavy atom. The molecule has 4 aromatic rings. The zero-order chi connectivity index (χ0) is 25.2. The summed E-state index contributed by atoms with van der Waals surface area (Å²) in [6.07, 6.45) is -2.41. The van der Waals surface area contributed by atoms with Crippen LogP contribution in [0.4, 0.5) is 13.2 Å². The Balaban J connectivity index is 1.37. The molecule has 3 heterocycles. The minimum atomic E-state index is -4.35. The molecule has 1 aliphatic heterocycles. The van der Waals surface area contributed by atoms with Gasteiger partial charge < -0.3 is 19.8 Å². The maximum atomic E-state index is 13.2. The fourth-order valence-corrected chi connectivity index (χ4v) is 5.41. The molecule has 1 fully saturated rings. The summed E-state index contributed by atoms with van der Waals surface area (Å²) in [6, 6.07) is 13.2. The molecule has 2 aromatic carbocycles. The van der Waals surface area contributed by atoms with E-state index >= 15 is 0 Å². The van der Waals surface area contributed by atoms with Crippen LogP contribution in [0.15, 0.2) is 42.5 Å². The highest BCUT2D eigenvalue weighted by Gasteiger charge is 2.33. The van der Waals surface area contributed by atoms with E-state index < -0.39 is 18.6 Å². The molecule has 1 atom stereocenters. The van der Waals surface area contributed by atoms with Gasteiger partial charge >= 0.3 is 6.18 Å². The molecule has 0 spiro atoms. The molecule has 2 N–H and O–H groups in total. The van der Waals surface area contributed by atoms with E-state index in [4.69, 9.17) is 10.7 Å². The molecule has 1 saturated carbocycles. The van der Waals surface area contributed by atoms with Crippen LogP contribution < -0.4 is 5.73 Å². The van der Waals surface area contributed by atoms with Crippen LogP contribution in [0.1, 0.15) is 35.2 Å². The van der Waals surface area contributed by atoms with Gasteiger partial charge in [-0.1, -0.05) is 18.2 Å². The van der Waals surface area contributed by atoms with Crippen molar-refractivity contribution in [2.24, 2.45) is 18.7 Å². The number of nitrogens with zero attached hydrogens (tertiary/aromatic N) is 4. The van der Waals surface area contributed by atoms with E-state index in [2.05, 4.69) is 33.4 Å². The summed E-state index contributed by atoms with van der Waals surface area (Å²) in [5, 5.41) is 1.17. The average molecular weight is 496 g/mol. The van der Waals surface area contributed by atoms with Crippen LogP contribution in [0, 0.1) is 5.92 Å². The van der Waals surface area contributed by atoms with E-state index in [0.717, 1.165) is 29.1 Å². The summed E-state index contributed by atoms with van der Waals surface area (Å²) < 4.78 is 42.6. The molecular weight excluding hydrogens is 467 g/mol. The quantitative estimate of drug-likeness (QED) is 0.415.